The van der Waals surface area contributed by atoms with Gasteiger partial charge >= 0.3 is 5.97 Å². The number of amides is 1. The zero-order valence-corrected chi connectivity index (χ0v) is 16.5. The number of carbonyl (C=O) groups excluding carboxylic acids is 2. The van der Waals surface area contributed by atoms with Crippen LogP contribution < -0.4 is 9.47 Å². The number of aliphatic hydroxyl groups excluding tert-OH is 1. The fourth-order valence-electron chi connectivity index (χ4n) is 3.45. The average molecular weight is 411 g/mol. The van der Waals surface area contributed by atoms with Gasteiger partial charge in [-0.3, -0.25) is 14.4 Å². The summed E-state index contributed by atoms with van der Waals surface area (Å²) in [6, 6.07) is 12.3. The number of methoxy groups -OCH3 is 2. The molecule has 2 N–H and O–H groups in total. The topological polar surface area (TPSA) is 113 Å². The van der Waals surface area contributed by atoms with Crippen molar-refractivity contribution in [3.8, 4) is 11.5 Å². The van der Waals surface area contributed by atoms with Crippen molar-refractivity contribution >= 4 is 23.4 Å². The van der Waals surface area contributed by atoms with Gasteiger partial charge in [0.2, 0.25) is 0 Å². The van der Waals surface area contributed by atoms with Gasteiger partial charge in [0.05, 0.1) is 32.3 Å². The molecule has 8 heteroatoms. The first-order valence-corrected chi connectivity index (χ1v) is 9.16. The van der Waals surface area contributed by atoms with Crippen LogP contribution in [0.4, 0.5) is 0 Å². The molecule has 0 bridgehead atoms. The summed E-state index contributed by atoms with van der Waals surface area (Å²) < 4.78 is 10.6. The molecule has 0 unspecified atom stereocenters. The molecule has 1 amide bonds. The van der Waals surface area contributed by atoms with Crippen LogP contribution in [0.25, 0.3) is 5.76 Å². The summed E-state index contributed by atoms with van der Waals surface area (Å²) in [6.45, 7) is -0.190. The molecule has 1 aliphatic heterocycles. The number of ketones is 1. The number of likely N-dealkylation sites (tertiary alicyclic amines) is 1. The van der Waals surface area contributed by atoms with Crippen LogP contribution in [0, 0.1) is 0 Å². The average Bonchev–Trinajstić information content (AvgIpc) is 3.01. The Morgan fingerprint density at radius 1 is 1.00 bits per heavy atom. The predicted molar refractivity (Wildman–Crippen MR) is 107 cm³/mol. The van der Waals surface area contributed by atoms with E-state index in [1.807, 2.05) is 0 Å². The minimum atomic E-state index is -1.11. The number of carbonyl (C=O) groups is 3. The zero-order valence-electron chi connectivity index (χ0n) is 16.5. The number of ether oxygens (including phenoxy) is 2. The summed E-state index contributed by atoms with van der Waals surface area (Å²) in [5.74, 6) is -2.35. The minimum Gasteiger partial charge on any atom is -0.507 e. The quantitative estimate of drug-likeness (QED) is 0.409. The van der Waals surface area contributed by atoms with Crippen LogP contribution in [-0.4, -0.2) is 53.5 Å². The summed E-state index contributed by atoms with van der Waals surface area (Å²) in [5.41, 5.74) is 0.748. The summed E-state index contributed by atoms with van der Waals surface area (Å²) in [4.78, 5) is 37.8. The lowest BCUT2D eigenvalue weighted by atomic mass is 9.95. The molecule has 30 heavy (non-hydrogen) atoms. The molecule has 1 saturated heterocycles. The Labute approximate surface area is 173 Å². The van der Waals surface area contributed by atoms with Gasteiger partial charge in [-0.15, -0.1) is 0 Å². The van der Waals surface area contributed by atoms with Crippen LogP contribution in [0.1, 0.15) is 23.6 Å². The Morgan fingerprint density at radius 3 is 2.27 bits per heavy atom. The Bertz CT molecular complexity index is 1010. The third kappa shape index (κ3) is 3.84. The molecule has 1 heterocycles. The van der Waals surface area contributed by atoms with Gasteiger partial charge in [0.1, 0.15) is 5.76 Å². The molecule has 2 aromatic carbocycles. The number of rotatable bonds is 7. The first kappa shape index (κ1) is 20.9. The van der Waals surface area contributed by atoms with Gasteiger partial charge in [0.15, 0.2) is 11.5 Å². The molecule has 0 spiro atoms. The van der Waals surface area contributed by atoms with Crippen molar-refractivity contribution in [2.45, 2.75) is 12.5 Å². The zero-order chi connectivity index (χ0) is 21.8. The molecular weight excluding hydrogens is 390 g/mol. The Kier molecular flexibility index (Phi) is 6.06. The summed E-state index contributed by atoms with van der Waals surface area (Å²) in [6.07, 6.45) is -0.345. The number of nitrogens with zero attached hydrogens (tertiary/aromatic N) is 1. The van der Waals surface area contributed by atoms with Gasteiger partial charge in [-0.05, 0) is 17.7 Å². The second-order valence-corrected chi connectivity index (χ2v) is 6.62. The van der Waals surface area contributed by atoms with Crippen molar-refractivity contribution in [3.05, 3.63) is 65.2 Å². The fraction of sp³-hybridized carbons (Fsp3) is 0.227. The van der Waals surface area contributed by atoms with Crippen LogP contribution in [-0.2, 0) is 14.4 Å². The highest BCUT2D eigenvalue weighted by Gasteiger charge is 2.46. The van der Waals surface area contributed by atoms with Crippen LogP contribution in [0.3, 0.4) is 0 Å². The van der Waals surface area contributed by atoms with E-state index < -0.39 is 23.7 Å². The summed E-state index contributed by atoms with van der Waals surface area (Å²) in [5, 5.41) is 19.9. The lowest BCUT2D eigenvalue weighted by molar-refractivity contribution is -0.142. The lowest BCUT2D eigenvalue weighted by Gasteiger charge is -2.25. The number of aliphatic carboxylic acids is 1. The van der Waals surface area contributed by atoms with Crippen molar-refractivity contribution < 1.29 is 34.1 Å². The van der Waals surface area contributed by atoms with Crippen molar-refractivity contribution in [3.63, 3.8) is 0 Å². The smallest absolute Gasteiger partial charge is 0.305 e. The number of hydrogen-bond donors (Lipinski definition) is 2. The van der Waals surface area contributed by atoms with E-state index >= 15 is 0 Å². The normalized spacial score (nSPS) is 17.8. The third-order valence-electron chi connectivity index (χ3n) is 4.88. The number of carboxylic acid groups (broad SMARTS) is 1. The highest BCUT2D eigenvalue weighted by molar-refractivity contribution is 6.46. The van der Waals surface area contributed by atoms with Crippen molar-refractivity contribution in [1.82, 2.24) is 4.90 Å². The largest absolute Gasteiger partial charge is 0.507 e. The molecular formula is C22H21NO7. The van der Waals surface area contributed by atoms with E-state index in [0.29, 0.717) is 22.6 Å². The SMILES string of the molecule is COc1ccc([C@H]2C(=C(O)c3ccccc3)C(=O)C(=O)N2CCC(=O)O)cc1OC. The number of hydrogen-bond acceptors (Lipinski definition) is 6. The van der Waals surface area contributed by atoms with E-state index in [2.05, 4.69) is 0 Å². The standard InChI is InChI=1S/C22H21NO7/c1-29-15-9-8-14(12-16(15)30-2)19-18(20(26)13-6-4-3-5-7-13)21(27)22(28)23(19)11-10-17(24)25/h3-9,12,19,26H,10-11H2,1-2H3,(H,24,25)/t19-/m0/s1. The van der Waals surface area contributed by atoms with Crippen LogP contribution in [0.2, 0.25) is 0 Å². The number of benzene rings is 2. The predicted octanol–water partition coefficient (Wildman–Crippen LogP) is 2.60. The maximum atomic E-state index is 12.8. The highest BCUT2D eigenvalue weighted by Crippen LogP contribution is 2.41. The van der Waals surface area contributed by atoms with Gasteiger partial charge in [-0.2, -0.15) is 0 Å². The Hall–Kier alpha value is -3.81. The van der Waals surface area contributed by atoms with E-state index in [4.69, 9.17) is 14.6 Å². The third-order valence-corrected chi connectivity index (χ3v) is 4.88. The monoisotopic (exact) mass is 411 g/mol. The fourth-order valence-corrected chi connectivity index (χ4v) is 3.45. The van der Waals surface area contributed by atoms with Gasteiger partial charge < -0.3 is 24.6 Å². The highest BCUT2D eigenvalue weighted by atomic mass is 16.5. The number of carboxylic acids is 1. The second-order valence-electron chi connectivity index (χ2n) is 6.62. The minimum absolute atomic E-state index is 0.108. The second kappa shape index (κ2) is 8.69. The molecule has 8 nitrogen and oxygen atoms in total. The van der Waals surface area contributed by atoms with E-state index in [9.17, 15) is 19.5 Å². The molecule has 1 atom stereocenters. The molecule has 1 fully saturated rings. The van der Waals surface area contributed by atoms with Crippen LogP contribution >= 0.6 is 0 Å². The van der Waals surface area contributed by atoms with E-state index in [1.165, 1.54) is 14.2 Å². The van der Waals surface area contributed by atoms with Gasteiger partial charge in [-0.25, -0.2) is 0 Å². The van der Waals surface area contributed by atoms with Crippen molar-refractivity contribution in [2.24, 2.45) is 0 Å². The van der Waals surface area contributed by atoms with Gasteiger partial charge in [-0.1, -0.05) is 36.4 Å². The van der Waals surface area contributed by atoms with Crippen molar-refractivity contribution in [1.29, 1.82) is 0 Å². The van der Waals surface area contributed by atoms with Crippen LogP contribution in [0.5, 0.6) is 11.5 Å². The van der Waals surface area contributed by atoms with Crippen LogP contribution in [0.15, 0.2) is 54.1 Å². The van der Waals surface area contributed by atoms with Crippen molar-refractivity contribution in [2.75, 3.05) is 20.8 Å². The summed E-state index contributed by atoms with van der Waals surface area (Å²) in [7, 11) is 2.93. The number of Topliss-reactive ketones (excluding diaryl/α,β-unsaturated/α-hetero) is 1. The molecule has 2 aromatic rings. The molecule has 0 radical (unpaired) electrons. The molecule has 3 rings (SSSR count). The maximum Gasteiger partial charge on any atom is 0.305 e. The Balaban J connectivity index is 2.18. The van der Waals surface area contributed by atoms with E-state index in [0.717, 1.165) is 4.90 Å². The number of aliphatic hydroxyl groups is 1. The molecule has 0 aromatic heterocycles. The Morgan fingerprint density at radius 2 is 1.67 bits per heavy atom. The molecule has 156 valence electrons. The van der Waals surface area contributed by atoms with E-state index in [1.54, 1.807) is 48.5 Å². The lowest BCUT2D eigenvalue weighted by Crippen LogP contribution is -2.31. The molecule has 1 aliphatic rings. The van der Waals surface area contributed by atoms with Gasteiger partial charge in [0, 0.05) is 12.1 Å². The summed E-state index contributed by atoms with van der Waals surface area (Å²) >= 11 is 0. The van der Waals surface area contributed by atoms with Gasteiger partial charge in [0.25, 0.3) is 11.7 Å². The molecule has 0 aliphatic carbocycles. The maximum absolute atomic E-state index is 12.8. The first-order chi connectivity index (χ1) is 14.4. The van der Waals surface area contributed by atoms with E-state index in [-0.39, 0.29) is 24.3 Å². The molecule has 0 saturated carbocycles. The first-order valence-electron chi connectivity index (χ1n) is 9.16.